The first-order valence-electron chi connectivity index (χ1n) is 7.70. The van der Waals surface area contributed by atoms with Crippen LogP contribution in [-0.2, 0) is 9.47 Å². The standard InChI is InChI=1S/C14H16F12O2/c1-27-9(11(15,16)17,12(18,19)20)7-4-3-5-8(6-7)10(28-2,13(21,22)23)14(24,25)26/h7-8H,3-6H2,1-2H3. The van der Waals surface area contributed by atoms with Crippen molar-refractivity contribution in [1.29, 1.82) is 0 Å². The summed E-state index contributed by atoms with van der Waals surface area (Å²) in [5, 5.41) is 0. The summed E-state index contributed by atoms with van der Waals surface area (Å²) in [6.45, 7) is 0. The van der Waals surface area contributed by atoms with E-state index in [0.29, 0.717) is 0 Å². The summed E-state index contributed by atoms with van der Waals surface area (Å²) in [6, 6.07) is 0. The molecule has 1 fully saturated rings. The van der Waals surface area contributed by atoms with Crippen molar-refractivity contribution in [2.45, 2.75) is 61.6 Å². The van der Waals surface area contributed by atoms with Crippen LogP contribution in [0.1, 0.15) is 25.7 Å². The Balaban J connectivity index is 3.55. The molecule has 2 unspecified atom stereocenters. The quantitative estimate of drug-likeness (QED) is 0.510. The smallest absolute Gasteiger partial charge is 0.361 e. The van der Waals surface area contributed by atoms with Gasteiger partial charge in [-0.3, -0.25) is 0 Å². The molecule has 0 saturated heterocycles. The number of rotatable bonds is 4. The number of hydrogen-bond acceptors (Lipinski definition) is 2. The van der Waals surface area contributed by atoms with E-state index >= 15 is 0 Å². The fourth-order valence-electron chi connectivity index (χ4n) is 3.97. The van der Waals surface area contributed by atoms with Crippen molar-refractivity contribution >= 4 is 0 Å². The SMILES string of the molecule is COC(C1CCCC(C(OC)(C(F)(F)F)C(F)(F)F)C1)(C(F)(F)F)C(F)(F)F. The molecular weight excluding hydrogens is 428 g/mol. The molecule has 0 radical (unpaired) electrons. The lowest BCUT2D eigenvalue weighted by Crippen LogP contribution is -2.67. The molecule has 1 aliphatic carbocycles. The van der Waals surface area contributed by atoms with Gasteiger partial charge < -0.3 is 9.47 Å². The Bertz CT molecular complexity index is 456. The van der Waals surface area contributed by atoms with Gasteiger partial charge in [0, 0.05) is 26.1 Å². The molecule has 0 bridgehead atoms. The largest absolute Gasteiger partial charge is 0.426 e. The normalized spacial score (nSPS) is 23.8. The van der Waals surface area contributed by atoms with Crippen LogP contribution in [0.25, 0.3) is 0 Å². The molecule has 14 heteroatoms. The Morgan fingerprint density at radius 2 is 0.786 bits per heavy atom. The Morgan fingerprint density at radius 1 is 0.536 bits per heavy atom. The fraction of sp³-hybridized carbons (Fsp3) is 1.00. The predicted molar refractivity (Wildman–Crippen MR) is 69.1 cm³/mol. The van der Waals surface area contributed by atoms with Crippen LogP contribution < -0.4 is 0 Å². The average Bonchev–Trinajstić information content (AvgIpc) is 2.44. The second kappa shape index (κ2) is 7.40. The van der Waals surface area contributed by atoms with E-state index in [9.17, 15) is 52.7 Å². The van der Waals surface area contributed by atoms with Crippen molar-refractivity contribution in [3.8, 4) is 0 Å². The van der Waals surface area contributed by atoms with Gasteiger partial charge in [0.15, 0.2) is 0 Å². The number of halogens is 12. The highest BCUT2D eigenvalue weighted by atomic mass is 19.4. The number of hydrogen-bond donors (Lipinski definition) is 0. The molecule has 28 heavy (non-hydrogen) atoms. The number of alkyl halides is 12. The van der Waals surface area contributed by atoms with Crippen LogP contribution in [0.5, 0.6) is 0 Å². The van der Waals surface area contributed by atoms with Crippen molar-refractivity contribution in [3.05, 3.63) is 0 Å². The molecule has 1 rings (SSSR count). The molecule has 1 saturated carbocycles. The maximum Gasteiger partial charge on any atom is 0.426 e. The fourth-order valence-corrected chi connectivity index (χ4v) is 3.97. The van der Waals surface area contributed by atoms with Gasteiger partial charge in [-0.1, -0.05) is 6.42 Å². The minimum absolute atomic E-state index is 0.0572. The third-order valence-electron chi connectivity index (χ3n) is 5.15. The molecule has 0 spiro atoms. The highest BCUT2D eigenvalue weighted by Gasteiger charge is 2.79. The molecule has 0 aromatic heterocycles. The molecule has 0 heterocycles. The van der Waals surface area contributed by atoms with Gasteiger partial charge in [-0.25, -0.2) is 0 Å². The maximum absolute atomic E-state index is 13.3. The Morgan fingerprint density at radius 3 is 0.964 bits per heavy atom. The van der Waals surface area contributed by atoms with E-state index in [2.05, 4.69) is 9.47 Å². The van der Waals surface area contributed by atoms with Gasteiger partial charge in [0.1, 0.15) is 0 Å². The second-order valence-corrected chi connectivity index (χ2v) is 6.43. The van der Waals surface area contributed by atoms with Crippen LogP contribution in [0.2, 0.25) is 0 Å². The first-order chi connectivity index (χ1) is 12.3. The topological polar surface area (TPSA) is 18.5 Å². The molecule has 0 aliphatic heterocycles. The zero-order chi connectivity index (χ0) is 22.4. The van der Waals surface area contributed by atoms with E-state index in [1.165, 1.54) is 0 Å². The van der Waals surface area contributed by atoms with E-state index in [0.717, 1.165) is 0 Å². The van der Waals surface area contributed by atoms with E-state index in [1.807, 2.05) is 0 Å². The lowest BCUT2D eigenvalue weighted by atomic mass is 9.66. The average molecular weight is 444 g/mol. The van der Waals surface area contributed by atoms with Gasteiger partial charge in [-0.2, -0.15) is 52.7 Å². The van der Waals surface area contributed by atoms with Crippen LogP contribution in [-0.4, -0.2) is 50.1 Å². The Kier molecular flexibility index (Phi) is 6.64. The molecule has 0 N–H and O–H groups in total. The van der Waals surface area contributed by atoms with E-state index in [1.54, 1.807) is 0 Å². The minimum atomic E-state index is -6.13. The highest BCUT2D eigenvalue weighted by Crippen LogP contribution is 2.59. The summed E-state index contributed by atoms with van der Waals surface area (Å²) < 4.78 is 167. The molecule has 0 aromatic rings. The van der Waals surface area contributed by atoms with Crippen molar-refractivity contribution in [2.75, 3.05) is 14.2 Å². The summed E-state index contributed by atoms with van der Waals surface area (Å²) >= 11 is 0. The Labute approximate surface area is 151 Å². The summed E-state index contributed by atoms with van der Waals surface area (Å²) in [7, 11) is 0.114. The van der Waals surface area contributed by atoms with Crippen LogP contribution in [0.4, 0.5) is 52.7 Å². The zero-order valence-electron chi connectivity index (χ0n) is 14.3. The van der Waals surface area contributed by atoms with Gasteiger partial charge in [-0.15, -0.1) is 0 Å². The second-order valence-electron chi connectivity index (χ2n) is 6.43. The molecule has 2 atom stereocenters. The van der Waals surface area contributed by atoms with Crippen LogP contribution >= 0.6 is 0 Å². The minimum Gasteiger partial charge on any atom is -0.361 e. The lowest BCUT2D eigenvalue weighted by molar-refractivity contribution is -0.409. The number of ether oxygens (including phenoxy) is 2. The summed E-state index contributed by atoms with van der Waals surface area (Å²) in [6.07, 6.45) is -28.8. The zero-order valence-corrected chi connectivity index (χ0v) is 14.3. The van der Waals surface area contributed by atoms with Gasteiger partial charge in [0.25, 0.3) is 11.2 Å². The van der Waals surface area contributed by atoms with E-state index in [-0.39, 0.29) is 14.2 Å². The Hall–Kier alpha value is -0.920. The molecule has 2 nitrogen and oxygen atoms in total. The molecule has 0 amide bonds. The van der Waals surface area contributed by atoms with E-state index in [4.69, 9.17) is 0 Å². The monoisotopic (exact) mass is 444 g/mol. The van der Waals surface area contributed by atoms with Gasteiger partial charge in [-0.05, 0) is 19.3 Å². The molecule has 0 aromatic carbocycles. The maximum atomic E-state index is 13.3. The first-order valence-corrected chi connectivity index (χ1v) is 7.70. The summed E-state index contributed by atoms with van der Waals surface area (Å²) in [4.78, 5) is 0. The van der Waals surface area contributed by atoms with Crippen molar-refractivity contribution < 1.29 is 62.2 Å². The third-order valence-corrected chi connectivity index (χ3v) is 5.15. The first kappa shape index (κ1) is 25.1. The molecular formula is C14H16F12O2. The van der Waals surface area contributed by atoms with Crippen LogP contribution in [0.3, 0.4) is 0 Å². The lowest BCUT2D eigenvalue weighted by Gasteiger charge is -2.49. The number of methoxy groups -OCH3 is 2. The van der Waals surface area contributed by atoms with Crippen molar-refractivity contribution in [3.63, 3.8) is 0 Å². The van der Waals surface area contributed by atoms with Crippen LogP contribution in [0, 0.1) is 11.8 Å². The predicted octanol–water partition coefficient (Wildman–Crippen LogP) is 5.81. The van der Waals surface area contributed by atoms with Crippen molar-refractivity contribution in [2.24, 2.45) is 11.8 Å². The van der Waals surface area contributed by atoms with Gasteiger partial charge >= 0.3 is 24.7 Å². The van der Waals surface area contributed by atoms with Gasteiger partial charge in [0.05, 0.1) is 0 Å². The summed E-state index contributed by atoms with van der Waals surface area (Å²) in [5.74, 6) is -5.45. The molecule has 168 valence electrons. The van der Waals surface area contributed by atoms with E-state index < -0.39 is 73.4 Å². The van der Waals surface area contributed by atoms with Gasteiger partial charge in [0.2, 0.25) is 0 Å². The van der Waals surface area contributed by atoms with Crippen molar-refractivity contribution in [1.82, 2.24) is 0 Å². The van der Waals surface area contributed by atoms with Crippen LogP contribution in [0.15, 0.2) is 0 Å². The summed E-state index contributed by atoms with van der Waals surface area (Å²) in [5.41, 5.74) is -9.81. The highest BCUT2D eigenvalue weighted by molar-refractivity contribution is 5.08. The third kappa shape index (κ3) is 3.65. The molecule has 1 aliphatic rings.